The van der Waals surface area contributed by atoms with Gasteiger partial charge < -0.3 is 4.74 Å². The fourth-order valence-corrected chi connectivity index (χ4v) is 1.69. The molecule has 0 N–H and O–H groups in total. The Kier molecular flexibility index (Phi) is 4.24. The Balaban J connectivity index is 2.92. The van der Waals surface area contributed by atoms with Gasteiger partial charge >= 0.3 is 5.97 Å². The smallest absolute Gasteiger partial charge is 0.341 e. The Bertz CT molecular complexity index is 377. The Morgan fingerprint density at radius 3 is 2.73 bits per heavy atom. The van der Waals surface area contributed by atoms with Crippen molar-refractivity contribution >= 4 is 29.2 Å². The van der Waals surface area contributed by atoms with Gasteiger partial charge in [0, 0.05) is 4.88 Å². The fourth-order valence-electron chi connectivity index (χ4n) is 1.03. The second kappa shape index (κ2) is 5.46. The average Bonchev–Trinajstić information content (AvgIpc) is 2.66. The van der Waals surface area contributed by atoms with E-state index in [1.54, 1.807) is 13.0 Å². The van der Waals surface area contributed by atoms with Gasteiger partial charge in [-0.05, 0) is 31.4 Å². The van der Waals surface area contributed by atoms with Crippen LogP contribution in [0.2, 0.25) is 0 Å². The van der Waals surface area contributed by atoms with Crippen LogP contribution in [0, 0.1) is 0 Å². The zero-order chi connectivity index (χ0) is 11.3. The van der Waals surface area contributed by atoms with E-state index in [1.807, 2.05) is 17.5 Å². The standard InChI is InChI=1S/C11H12O3S/c1-3-14-11(13)10(8(2)12)7-9-5-4-6-15-9/h4-7H,3H2,1-2H3. The first kappa shape index (κ1) is 11.7. The number of rotatable bonds is 4. The van der Waals surface area contributed by atoms with Crippen molar-refractivity contribution in [2.45, 2.75) is 13.8 Å². The lowest BCUT2D eigenvalue weighted by Crippen LogP contribution is -2.13. The average molecular weight is 224 g/mol. The predicted octanol–water partition coefficient (Wildman–Crippen LogP) is 2.28. The molecule has 1 rings (SSSR count). The zero-order valence-electron chi connectivity index (χ0n) is 8.65. The second-order valence-electron chi connectivity index (χ2n) is 2.85. The van der Waals surface area contributed by atoms with E-state index in [9.17, 15) is 9.59 Å². The summed E-state index contributed by atoms with van der Waals surface area (Å²) in [5.41, 5.74) is 0.0966. The molecule has 0 aliphatic heterocycles. The molecule has 0 aliphatic rings. The summed E-state index contributed by atoms with van der Waals surface area (Å²) in [6.07, 6.45) is 1.56. The van der Waals surface area contributed by atoms with Gasteiger partial charge in [-0.25, -0.2) is 4.79 Å². The number of hydrogen-bond acceptors (Lipinski definition) is 4. The fraction of sp³-hybridized carbons (Fsp3) is 0.273. The van der Waals surface area contributed by atoms with E-state index in [2.05, 4.69) is 0 Å². The molecule has 0 bridgehead atoms. The number of esters is 1. The van der Waals surface area contributed by atoms with Gasteiger partial charge in [-0.3, -0.25) is 4.79 Å². The van der Waals surface area contributed by atoms with Crippen molar-refractivity contribution in [3.8, 4) is 0 Å². The molecule has 0 unspecified atom stereocenters. The molecule has 0 radical (unpaired) electrons. The molecule has 4 heteroatoms. The van der Waals surface area contributed by atoms with Crippen molar-refractivity contribution < 1.29 is 14.3 Å². The molecule has 0 saturated heterocycles. The third kappa shape index (κ3) is 3.32. The molecule has 0 fully saturated rings. The Morgan fingerprint density at radius 2 is 2.27 bits per heavy atom. The van der Waals surface area contributed by atoms with E-state index < -0.39 is 5.97 Å². The van der Waals surface area contributed by atoms with Gasteiger partial charge in [0.15, 0.2) is 5.78 Å². The summed E-state index contributed by atoms with van der Waals surface area (Å²) in [5.74, 6) is -0.833. The number of carbonyl (C=O) groups excluding carboxylic acids is 2. The highest BCUT2D eigenvalue weighted by molar-refractivity contribution is 7.10. The van der Waals surface area contributed by atoms with Crippen molar-refractivity contribution in [1.82, 2.24) is 0 Å². The molecule has 0 amide bonds. The molecule has 0 aromatic carbocycles. The van der Waals surface area contributed by atoms with Crippen molar-refractivity contribution in [3.63, 3.8) is 0 Å². The van der Waals surface area contributed by atoms with Gasteiger partial charge in [-0.1, -0.05) is 6.07 Å². The highest BCUT2D eigenvalue weighted by Crippen LogP contribution is 2.14. The molecule has 3 nitrogen and oxygen atoms in total. The highest BCUT2D eigenvalue weighted by Gasteiger charge is 2.15. The lowest BCUT2D eigenvalue weighted by atomic mass is 10.1. The lowest BCUT2D eigenvalue weighted by molar-refractivity contribution is -0.139. The number of ketones is 1. The number of ether oxygens (including phenoxy) is 1. The van der Waals surface area contributed by atoms with Crippen LogP contribution in [0.1, 0.15) is 18.7 Å². The molecule has 1 heterocycles. The van der Waals surface area contributed by atoms with E-state index in [1.165, 1.54) is 18.3 Å². The van der Waals surface area contributed by atoms with Crippen LogP contribution in [0.4, 0.5) is 0 Å². The van der Waals surface area contributed by atoms with E-state index in [-0.39, 0.29) is 18.0 Å². The van der Waals surface area contributed by atoms with Crippen LogP contribution < -0.4 is 0 Å². The van der Waals surface area contributed by atoms with Crippen LogP contribution in [-0.4, -0.2) is 18.4 Å². The largest absolute Gasteiger partial charge is 0.462 e. The number of thiophene rings is 1. The van der Waals surface area contributed by atoms with Crippen LogP contribution in [0.15, 0.2) is 23.1 Å². The molecule has 0 saturated carbocycles. The van der Waals surface area contributed by atoms with E-state index in [0.717, 1.165) is 4.88 Å². The first-order chi connectivity index (χ1) is 7.15. The highest BCUT2D eigenvalue weighted by atomic mass is 32.1. The second-order valence-corrected chi connectivity index (χ2v) is 3.83. The van der Waals surface area contributed by atoms with Gasteiger partial charge in [0.1, 0.15) is 5.57 Å². The third-order valence-electron chi connectivity index (χ3n) is 1.70. The maximum Gasteiger partial charge on any atom is 0.341 e. The summed E-state index contributed by atoms with van der Waals surface area (Å²) in [5, 5.41) is 1.88. The van der Waals surface area contributed by atoms with Crippen LogP contribution in [0.3, 0.4) is 0 Å². The monoisotopic (exact) mass is 224 g/mol. The summed E-state index contributed by atoms with van der Waals surface area (Å²) < 4.78 is 4.79. The van der Waals surface area contributed by atoms with Gasteiger partial charge in [0.2, 0.25) is 0 Å². The summed E-state index contributed by atoms with van der Waals surface area (Å²) in [6, 6.07) is 3.70. The van der Waals surface area contributed by atoms with Gasteiger partial charge in [0.05, 0.1) is 6.61 Å². The maximum atomic E-state index is 11.4. The van der Waals surface area contributed by atoms with E-state index in [0.29, 0.717) is 0 Å². The van der Waals surface area contributed by atoms with E-state index in [4.69, 9.17) is 4.74 Å². The third-order valence-corrected chi connectivity index (χ3v) is 2.52. The molecule has 0 aliphatic carbocycles. The minimum atomic E-state index is -0.557. The van der Waals surface area contributed by atoms with E-state index >= 15 is 0 Å². The van der Waals surface area contributed by atoms with Gasteiger partial charge in [-0.2, -0.15) is 0 Å². The predicted molar refractivity (Wildman–Crippen MR) is 59.6 cm³/mol. The summed E-state index contributed by atoms with van der Waals surface area (Å²) in [7, 11) is 0. The molecule has 80 valence electrons. The normalized spacial score (nSPS) is 11.2. The van der Waals surface area contributed by atoms with Crippen molar-refractivity contribution in [2.24, 2.45) is 0 Å². The SMILES string of the molecule is CCOC(=O)C(=Cc1cccs1)C(C)=O. The zero-order valence-corrected chi connectivity index (χ0v) is 9.47. The first-order valence-electron chi connectivity index (χ1n) is 4.58. The van der Waals surface area contributed by atoms with Crippen LogP contribution in [0.25, 0.3) is 6.08 Å². The molecule has 1 aromatic heterocycles. The first-order valence-corrected chi connectivity index (χ1v) is 5.46. The van der Waals surface area contributed by atoms with Crippen LogP contribution >= 0.6 is 11.3 Å². The maximum absolute atomic E-state index is 11.4. The molecular weight excluding hydrogens is 212 g/mol. The molecule has 15 heavy (non-hydrogen) atoms. The van der Waals surface area contributed by atoms with Crippen molar-refractivity contribution in [3.05, 3.63) is 28.0 Å². The molecule has 1 aromatic rings. The minimum absolute atomic E-state index is 0.0966. The summed E-state index contributed by atoms with van der Waals surface area (Å²) >= 11 is 1.47. The Hall–Kier alpha value is -1.42. The Labute approximate surface area is 92.4 Å². The summed E-state index contributed by atoms with van der Waals surface area (Å²) in [6.45, 7) is 3.34. The van der Waals surface area contributed by atoms with Crippen LogP contribution in [-0.2, 0) is 14.3 Å². The van der Waals surface area contributed by atoms with Crippen LogP contribution in [0.5, 0.6) is 0 Å². The quantitative estimate of drug-likeness (QED) is 0.341. The molecule has 0 spiro atoms. The number of hydrogen-bond donors (Lipinski definition) is 0. The van der Waals surface area contributed by atoms with Crippen molar-refractivity contribution in [2.75, 3.05) is 6.61 Å². The minimum Gasteiger partial charge on any atom is -0.462 e. The molecule has 0 atom stereocenters. The van der Waals surface area contributed by atoms with Gasteiger partial charge in [0.25, 0.3) is 0 Å². The topological polar surface area (TPSA) is 43.4 Å². The van der Waals surface area contributed by atoms with Crippen molar-refractivity contribution in [1.29, 1.82) is 0 Å². The number of Topliss-reactive ketones (excluding diaryl/α,β-unsaturated/α-hetero) is 1. The lowest BCUT2D eigenvalue weighted by Gasteiger charge is -2.02. The summed E-state index contributed by atoms with van der Waals surface area (Å²) in [4.78, 5) is 23.5. The number of carbonyl (C=O) groups is 2. The Morgan fingerprint density at radius 1 is 1.53 bits per heavy atom. The molecular formula is C11H12O3S. The van der Waals surface area contributed by atoms with Gasteiger partial charge in [-0.15, -0.1) is 11.3 Å².